The van der Waals surface area contributed by atoms with Crippen LogP contribution in [-0.2, 0) is 0 Å². The number of hydrogen-bond donors (Lipinski definition) is 2. The van der Waals surface area contributed by atoms with E-state index in [9.17, 15) is 9.90 Å². The van der Waals surface area contributed by atoms with Gasteiger partial charge in [0.15, 0.2) is 5.78 Å². The van der Waals surface area contributed by atoms with Gasteiger partial charge in [-0.2, -0.15) is 0 Å². The molecule has 6 atom stereocenters. The van der Waals surface area contributed by atoms with Crippen molar-refractivity contribution in [3.8, 4) is 5.75 Å². The third-order valence-electron chi connectivity index (χ3n) is 7.44. The number of fused-ring (bicyclic) bond motifs is 4. The van der Waals surface area contributed by atoms with Gasteiger partial charge < -0.3 is 15.2 Å². The molecular weight excluding hydrogens is 436 g/mol. The molecule has 2 unspecified atom stereocenters. The predicted octanol–water partition coefficient (Wildman–Crippen LogP) is 4.67. The Labute approximate surface area is 199 Å². The van der Waals surface area contributed by atoms with Crippen LogP contribution in [0, 0.1) is 11.8 Å². The first-order valence-corrected chi connectivity index (χ1v) is 11.9. The molecule has 4 aliphatic rings. The zero-order valence-electron chi connectivity index (χ0n) is 18.7. The highest BCUT2D eigenvalue weighted by molar-refractivity contribution is 6.30. The molecule has 0 amide bonds. The molecule has 5 nitrogen and oxygen atoms in total. The maximum absolute atomic E-state index is 13.3. The van der Waals surface area contributed by atoms with Crippen LogP contribution >= 0.6 is 11.6 Å². The number of carbonyl (C=O) groups is 1. The Bertz CT molecular complexity index is 1100. The van der Waals surface area contributed by atoms with Gasteiger partial charge in [0.1, 0.15) is 11.8 Å². The molecule has 0 spiro atoms. The summed E-state index contributed by atoms with van der Waals surface area (Å²) < 4.78 is 5.45. The Morgan fingerprint density at radius 1 is 1.30 bits per heavy atom. The van der Waals surface area contributed by atoms with Gasteiger partial charge in [-0.3, -0.25) is 9.69 Å². The molecule has 2 bridgehead atoms. The van der Waals surface area contributed by atoms with Crippen molar-refractivity contribution in [1.29, 1.82) is 0 Å². The Balaban J connectivity index is 1.50. The Kier molecular flexibility index (Phi) is 6.04. The first kappa shape index (κ1) is 22.2. The van der Waals surface area contributed by atoms with Crippen molar-refractivity contribution in [2.24, 2.45) is 11.8 Å². The van der Waals surface area contributed by atoms with Gasteiger partial charge in [0, 0.05) is 34.4 Å². The predicted molar refractivity (Wildman–Crippen MR) is 132 cm³/mol. The van der Waals surface area contributed by atoms with Crippen LogP contribution in [0.15, 0.2) is 61.2 Å². The van der Waals surface area contributed by atoms with Crippen LogP contribution in [0.3, 0.4) is 0 Å². The van der Waals surface area contributed by atoms with Crippen molar-refractivity contribution in [2.75, 3.05) is 25.5 Å². The van der Waals surface area contributed by atoms with E-state index in [4.69, 9.17) is 16.3 Å². The second-order valence-electron chi connectivity index (χ2n) is 9.22. The minimum absolute atomic E-state index is 0.0228. The third kappa shape index (κ3) is 4.10. The Hall–Kier alpha value is -2.60. The van der Waals surface area contributed by atoms with Crippen LogP contribution < -0.4 is 10.1 Å². The van der Waals surface area contributed by atoms with Gasteiger partial charge in [0.25, 0.3) is 0 Å². The monoisotopic (exact) mass is 464 g/mol. The average Bonchev–Trinajstić information content (AvgIpc) is 2.87. The highest BCUT2D eigenvalue weighted by atomic mass is 35.5. The number of anilines is 1. The van der Waals surface area contributed by atoms with Crippen LogP contribution in [0.2, 0.25) is 5.02 Å². The number of aliphatic hydroxyl groups is 1. The van der Waals surface area contributed by atoms with E-state index in [1.807, 2.05) is 24.3 Å². The highest BCUT2D eigenvalue weighted by Gasteiger charge is 2.43. The van der Waals surface area contributed by atoms with Gasteiger partial charge in [-0.15, -0.1) is 6.58 Å². The van der Waals surface area contributed by atoms with Crippen LogP contribution in [0.4, 0.5) is 5.69 Å². The fourth-order valence-electron chi connectivity index (χ4n) is 5.60. The molecule has 4 aliphatic heterocycles. The SMILES string of the molecule is C=C[C@H]1CN2CC[C@H]1C[C@@H]2[C@@H](O)C1=CC(C(=O)c2ccc(Cl)cc2)Nc2ccc(OC)cc21. The summed E-state index contributed by atoms with van der Waals surface area (Å²) in [7, 11) is 1.63. The summed E-state index contributed by atoms with van der Waals surface area (Å²) in [6.07, 6.45) is 5.31. The van der Waals surface area contributed by atoms with Gasteiger partial charge in [-0.1, -0.05) is 17.7 Å². The number of hydrogen-bond acceptors (Lipinski definition) is 5. The molecule has 3 fully saturated rings. The van der Waals surface area contributed by atoms with Crippen LogP contribution in [0.25, 0.3) is 5.57 Å². The number of piperidine rings is 3. The molecule has 0 aromatic heterocycles. The van der Waals surface area contributed by atoms with E-state index < -0.39 is 12.1 Å². The lowest BCUT2D eigenvalue weighted by Crippen LogP contribution is -2.57. The maximum atomic E-state index is 13.3. The van der Waals surface area contributed by atoms with Gasteiger partial charge in [-0.25, -0.2) is 0 Å². The zero-order chi connectivity index (χ0) is 23.1. The van der Waals surface area contributed by atoms with E-state index >= 15 is 0 Å². The number of ether oxygens (including phenoxy) is 1. The fourth-order valence-corrected chi connectivity index (χ4v) is 5.73. The van der Waals surface area contributed by atoms with Gasteiger partial charge >= 0.3 is 0 Å². The van der Waals surface area contributed by atoms with Crippen molar-refractivity contribution >= 4 is 28.6 Å². The van der Waals surface area contributed by atoms with Gasteiger partial charge in [-0.05, 0) is 85.3 Å². The number of ketones is 1. The molecule has 3 saturated heterocycles. The maximum Gasteiger partial charge on any atom is 0.188 e. The number of methoxy groups -OCH3 is 1. The molecule has 2 aromatic carbocycles. The average molecular weight is 465 g/mol. The first-order chi connectivity index (χ1) is 16.0. The largest absolute Gasteiger partial charge is 0.497 e. The highest BCUT2D eigenvalue weighted by Crippen LogP contribution is 2.42. The molecule has 6 heteroatoms. The van der Waals surface area contributed by atoms with E-state index in [1.54, 1.807) is 31.4 Å². The molecule has 6 rings (SSSR count). The summed E-state index contributed by atoms with van der Waals surface area (Å²) in [5, 5.41) is 15.6. The number of nitrogens with zero attached hydrogens (tertiary/aromatic N) is 1. The minimum Gasteiger partial charge on any atom is -0.497 e. The Morgan fingerprint density at radius 3 is 2.76 bits per heavy atom. The number of Topliss-reactive ketones (excluding diaryl/α,β-unsaturated/α-hetero) is 1. The van der Waals surface area contributed by atoms with Crippen molar-refractivity contribution < 1.29 is 14.6 Å². The number of aliphatic hydroxyl groups excluding tert-OH is 1. The van der Waals surface area contributed by atoms with E-state index in [2.05, 4.69) is 22.9 Å². The smallest absolute Gasteiger partial charge is 0.188 e. The van der Waals surface area contributed by atoms with E-state index in [1.165, 1.54) is 0 Å². The number of rotatable bonds is 6. The van der Waals surface area contributed by atoms with Crippen molar-refractivity contribution in [3.63, 3.8) is 0 Å². The molecule has 2 N–H and O–H groups in total. The fraction of sp³-hybridized carbons (Fsp3) is 0.370. The number of halogens is 1. The molecular formula is C27H29ClN2O3. The van der Waals surface area contributed by atoms with Crippen molar-refractivity contribution in [1.82, 2.24) is 4.90 Å². The van der Waals surface area contributed by atoms with Gasteiger partial charge in [0.05, 0.1) is 13.2 Å². The Morgan fingerprint density at radius 2 is 2.09 bits per heavy atom. The molecule has 172 valence electrons. The molecule has 0 saturated carbocycles. The second-order valence-corrected chi connectivity index (χ2v) is 9.65. The lowest BCUT2D eigenvalue weighted by molar-refractivity contribution is -0.0254. The summed E-state index contributed by atoms with van der Waals surface area (Å²) in [5.74, 6) is 1.69. The van der Waals surface area contributed by atoms with Crippen molar-refractivity contribution in [2.45, 2.75) is 31.0 Å². The number of benzene rings is 2. The molecule has 2 aromatic rings. The summed E-state index contributed by atoms with van der Waals surface area (Å²) in [6, 6.07) is 12.1. The summed E-state index contributed by atoms with van der Waals surface area (Å²) >= 11 is 6.01. The topological polar surface area (TPSA) is 61.8 Å². The minimum atomic E-state index is -0.702. The number of nitrogens with one attached hydrogen (secondary N) is 1. The molecule has 0 aliphatic carbocycles. The van der Waals surface area contributed by atoms with Crippen LogP contribution in [0.1, 0.15) is 28.8 Å². The normalized spacial score (nSPS) is 28.8. The van der Waals surface area contributed by atoms with Crippen LogP contribution in [0.5, 0.6) is 5.75 Å². The van der Waals surface area contributed by atoms with Gasteiger partial charge in [0.2, 0.25) is 0 Å². The van der Waals surface area contributed by atoms with E-state index in [-0.39, 0.29) is 11.8 Å². The lowest BCUT2D eigenvalue weighted by atomic mass is 9.73. The van der Waals surface area contributed by atoms with E-state index in [0.29, 0.717) is 28.2 Å². The molecule has 0 radical (unpaired) electrons. The zero-order valence-corrected chi connectivity index (χ0v) is 19.5. The molecule has 4 heterocycles. The molecule has 33 heavy (non-hydrogen) atoms. The quantitative estimate of drug-likeness (QED) is 0.480. The standard InChI is InChI=1S/C27H29ClN2O3/c1-3-16-15-30-11-10-18(16)12-25(30)27(32)22-14-24(26(31)17-4-6-19(28)7-5-17)29-23-9-8-20(33-2)13-21(22)23/h3-9,13-14,16,18,24-25,27,29,32H,1,10-12,15H2,2H3/t16-,18-,24?,25+,27-/m0/s1. The van der Waals surface area contributed by atoms with E-state index in [0.717, 1.165) is 42.8 Å². The first-order valence-electron chi connectivity index (χ1n) is 11.5. The summed E-state index contributed by atoms with van der Waals surface area (Å²) in [4.78, 5) is 15.7. The van der Waals surface area contributed by atoms with Crippen LogP contribution in [-0.4, -0.2) is 54.2 Å². The summed E-state index contributed by atoms with van der Waals surface area (Å²) in [5.41, 5.74) is 3.06. The number of carbonyl (C=O) groups excluding carboxylic acids is 1. The lowest BCUT2D eigenvalue weighted by Gasteiger charge is -2.51. The van der Waals surface area contributed by atoms with Crippen molar-refractivity contribution in [3.05, 3.63) is 77.3 Å². The third-order valence-corrected chi connectivity index (χ3v) is 7.70. The second kappa shape index (κ2) is 8.98. The summed E-state index contributed by atoms with van der Waals surface area (Å²) in [6.45, 7) is 5.92.